The number of aliphatic hydroxyl groups excluding tert-OH is 1. The van der Waals surface area contributed by atoms with Crippen LogP contribution in [0.4, 0.5) is 0 Å². The minimum atomic E-state index is 0.0870. The summed E-state index contributed by atoms with van der Waals surface area (Å²) >= 11 is 0. The van der Waals surface area contributed by atoms with Gasteiger partial charge in [-0.15, -0.1) is 0 Å². The zero-order valence-electron chi connectivity index (χ0n) is 11.7. The number of hydrogen-bond acceptors (Lipinski definition) is 4. The second kappa shape index (κ2) is 21.2. The Morgan fingerprint density at radius 1 is 0.765 bits per heavy atom. The summed E-state index contributed by atoms with van der Waals surface area (Å²) in [5, 5.41) is 8.20. The Labute approximate surface area is 106 Å². The van der Waals surface area contributed by atoms with E-state index in [-0.39, 0.29) is 6.61 Å². The Kier molecular flexibility index (Phi) is 23.9. The molecule has 0 unspecified atom stereocenters. The molecule has 1 N–H and O–H groups in total. The molecular weight excluding hydrogens is 220 g/mol. The van der Waals surface area contributed by atoms with E-state index >= 15 is 0 Å². The molecule has 0 saturated carbocycles. The number of methoxy groups -OCH3 is 1. The van der Waals surface area contributed by atoms with Gasteiger partial charge in [-0.2, -0.15) is 0 Å². The van der Waals surface area contributed by atoms with Crippen LogP contribution in [0.3, 0.4) is 0 Å². The lowest BCUT2D eigenvalue weighted by Gasteiger charge is -1.99. The molecule has 0 aromatic heterocycles. The summed E-state index contributed by atoms with van der Waals surface area (Å²) in [7, 11) is 1.61. The van der Waals surface area contributed by atoms with Gasteiger partial charge in [0.15, 0.2) is 0 Å². The van der Waals surface area contributed by atoms with E-state index in [0.717, 1.165) is 13.2 Å². The molecule has 0 heterocycles. The van der Waals surface area contributed by atoms with Crippen LogP contribution in [0, 0.1) is 0 Å². The number of rotatable bonds is 11. The van der Waals surface area contributed by atoms with Crippen molar-refractivity contribution in [2.75, 3.05) is 46.8 Å². The predicted molar refractivity (Wildman–Crippen MR) is 70.4 cm³/mol. The van der Waals surface area contributed by atoms with Crippen molar-refractivity contribution in [1.82, 2.24) is 0 Å². The lowest BCUT2D eigenvalue weighted by Crippen LogP contribution is -2.05. The molecule has 0 atom stereocenters. The normalized spacial score (nSPS) is 9.88. The van der Waals surface area contributed by atoms with Gasteiger partial charge in [0.25, 0.3) is 0 Å². The summed E-state index contributed by atoms with van der Waals surface area (Å²) < 4.78 is 14.8. The van der Waals surface area contributed by atoms with Gasteiger partial charge in [-0.3, -0.25) is 0 Å². The molecule has 4 nitrogen and oxygen atoms in total. The number of ether oxygens (including phenoxy) is 3. The van der Waals surface area contributed by atoms with Gasteiger partial charge in [0.05, 0.1) is 26.4 Å². The van der Waals surface area contributed by atoms with Crippen molar-refractivity contribution in [3.8, 4) is 0 Å². The third-order valence-electron chi connectivity index (χ3n) is 1.95. The molecule has 0 amide bonds. The number of hydrogen-bond donors (Lipinski definition) is 1. The molecule has 0 spiro atoms. The maximum absolute atomic E-state index is 8.20. The van der Waals surface area contributed by atoms with Gasteiger partial charge < -0.3 is 19.3 Å². The van der Waals surface area contributed by atoms with Crippen LogP contribution in [-0.4, -0.2) is 51.9 Å². The Morgan fingerprint density at radius 3 is 1.71 bits per heavy atom. The summed E-state index contributed by atoms with van der Waals surface area (Å²) in [5.41, 5.74) is 0. The van der Waals surface area contributed by atoms with Gasteiger partial charge in [-0.05, 0) is 12.8 Å². The van der Waals surface area contributed by atoms with Crippen LogP contribution in [-0.2, 0) is 14.2 Å². The predicted octanol–water partition coefficient (Wildman–Crippen LogP) is 2.24. The molecule has 0 fully saturated rings. The van der Waals surface area contributed by atoms with Crippen LogP contribution < -0.4 is 0 Å². The molecular formula is C13H30O4. The fourth-order valence-electron chi connectivity index (χ4n) is 0.904. The van der Waals surface area contributed by atoms with Crippen molar-refractivity contribution in [2.24, 2.45) is 0 Å². The van der Waals surface area contributed by atoms with E-state index in [0.29, 0.717) is 19.8 Å². The van der Waals surface area contributed by atoms with Crippen LogP contribution in [0.25, 0.3) is 0 Å². The quantitative estimate of drug-likeness (QED) is 0.571. The fraction of sp³-hybridized carbons (Fsp3) is 1.00. The summed E-state index contributed by atoms with van der Waals surface area (Å²) in [6.45, 7) is 7.93. The van der Waals surface area contributed by atoms with Crippen molar-refractivity contribution < 1.29 is 19.3 Å². The van der Waals surface area contributed by atoms with Gasteiger partial charge in [-0.25, -0.2) is 0 Å². The summed E-state index contributed by atoms with van der Waals surface area (Å²) in [6, 6.07) is 0. The highest BCUT2D eigenvalue weighted by Crippen LogP contribution is 1.91. The van der Waals surface area contributed by atoms with Crippen molar-refractivity contribution >= 4 is 0 Å². The van der Waals surface area contributed by atoms with E-state index in [1.165, 1.54) is 25.7 Å². The highest BCUT2D eigenvalue weighted by Gasteiger charge is 1.84. The second-order valence-electron chi connectivity index (χ2n) is 3.65. The van der Waals surface area contributed by atoms with Crippen molar-refractivity contribution in [3.63, 3.8) is 0 Å². The molecule has 0 aromatic carbocycles. The first-order valence-electron chi connectivity index (χ1n) is 6.58. The van der Waals surface area contributed by atoms with Crippen molar-refractivity contribution in [3.05, 3.63) is 0 Å². The van der Waals surface area contributed by atoms with E-state index in [1.54, 1.807) is 7.11 Å². The molecule has 0 aliphatic heterocycles. The average molecular weight is 250 g/mol. The molecule has 17 heavy (non-hydrogen) atoms. The summed E-state index contributed by atoms with van der Waals surface area (Å²) in [6.07, 6.45) is 4.91. The summed E-state index contributed by atoms with van der Waals surface area (Å²) in [4.78, 5) is 0. The minimum absolute atomic E-state index is 0.0870. The Hall–Kier alpha value is -0.160. The zero-order chi connectivity index (χ0) is 13.2. The van der Waals surface area contributed by atoms with E-state index in [4.69, 9.17) is 14.6 Å². The molecule has 106 valence electrons. The van der Waals surface area contributed by atoms with Crippen LogP contribution in [0.1, 0.15) is 39.5 Å². The lowest BCUT2D eigenvalue weighted by molar-refractivity contribution is 0.0500. The van der Waals surface area contributed by atoms with Crippen molar-refractivity contribution in [2.45, 2.75) is 39.5 Å². The molecule has 4 heteroatoms. The maximum atomic E-state index is 8.20. The van der Waals surface area contributed by atoms with Crippen LogP contribution in [0.2, 0.25) is 0 Å². The van der Waals surface area contributed by atoms with E-state index < -0.39 is 0 Å². The first-order chi connectivity index (χ1) is 8.33. The topological polar surface area (TPSA) is 47.9 Å². The Balaban J connectivity index is 0. The highest BCUT2D eigenvalue weighted by atomic mass is 16.5. The fourth-order valence-corrected chi connectivity index (χ4v) is 0.904. The molecule has 0 rings (SSSR count). The van der Waals surface area contributed by atoms with Crippen LogP contribution >= 0.6 is 0 Å². The van der Waals surface area contributed by atoms with Crippen LogP contribution in [0.5, 0.6) is 0 Å². The molecule has 0 radical (unpaired) electrons. The monoisotopic (exact) mass is 250 g/mol. The third-order valence-corrected chi connectivity index (χ3v) is 1.95. The average Bonchev–Trinajstić information content (AvgIpc) is 2.36. The molecule has 0 saturated heterocycles. The maximum Gasteiger partial charge on any atom is 0.0701 e. The molecule has 0 bridgehead atoms. The van der Waals surface area contributed by atoms with Gasteiger partial charge in [0.1, 0.15) is 0 Å². The van der Waals surface area contributed by atoms with Gasteiger partial charge >= 0.3 is 0 Å². The summed E-state index contributed by atoms with van der Waals surface area (Å²) in [5.74, 6) is 0. The van der Waals surface area contributed by atoms with Gasteiger partial charge in [0.2, 0.25) is 0 Å². The first kappa shape index (κ1) is 19.2. The smallest absolute Gasteiger partial charge is 0.0701 e. The third kappa shape index (κ3) is 25.8. The van der Waals surface area contributed by atoms with E-state index in [2.05, 4.69) is 18.6 Å². The van der Waals surface area contributed by atoms with E-state index in [9.17, 15) is 0 Å². The Morgan fingerprint density at radius 2 is 1.29 bits per heavy atom. The first-order valence-corrected chi connectivity index (χ1v) is 6.58. The van der Waals surface area contributed by atoms with E-state index in [1.807, 2.05) is 0 Å². The van der Waals surface area contributed by atoms with Gasteiger partial charge in [0, 0.05) is 20.3 Å². The lowest BCUT2D eigenvalue weighted by atomic mass is 10.3. The largest absolute Gasteiger partial charge is 0.394 e. The molecule has 0 aromatic rings. The van der Waals surface area contributed by atoms with Crippen molar-refractivity contribution in [1.29, 1.82) is 0 Å². The van der Waals surface area contributed by atoms with Gasteiger partial charge in [-0.1, -0.05) is 26.7 Å². The number of unbranched alkanes of at least 4 members (excludes halogenated alkanes) is 2. The number of aliphatic hydroxyl groups is 1. The van der Waals surface area contributed by atoms with Crippen LogP contribution in [0.15, 0.2) is 0 Å². The zero-order valence-corrected chi connectivity index (χ0v) is 11.7. The minimum Gasteiger partial charge on any atom is -0.394 e. The Bertz CT molecular complexity index is 97.6. The second-order valence-corrected chi connectivity index (χ2v) is 3.65. The standard InChI is InChI=1S/C8H18O.C5H12O3/c1-3-5-7-9-8-6-4-2;1-7-4-5-8-3-2-6/h3-8H2,1-2H3;6H,2-5H2,1H3. The highest BCUT2D eigenvalue weighted by molar-refractivity contribution is 4.33. The molecule has 0 aliphatic rings. The molecule has 0 aliphatic carbocycles. The SMILES string of the molecule is CCCCOCCCC.COCCOCCO.